The van der Waals surface area contributed by atoms with E-state index in [1.54, 1.807) is 0 Å². The van der Waals surface area contributed by atoms with Gasteiger partial charge in [0.25, 0.3) is 0 Å². The molecule has 2 rings (SSSR count). The normalized spacial score (nSPS) is 19.8. The van der Waals surface area contributed by atoms with Crippen molar-refractivity contribution >= 4 is 6.01 Å². The second kappa shape index (κ2) is 7.45. The van der Waals surface area contributed by atoms with Gasteiger partial charge in [-0.2, -0.15) is 0 Å². The highest BCUT2D eigenvalue weighted by molar-refractivity contribution is 5.17. The number of nitrogens with zero attached hydrogens (tertiary/aromatic N) is 2. The molecule has 1 fully saturated rings. The van der Waals surface area contributed by atoms with E-state index >= 15 is 0 Å². The third-order valence-electron chi connectivity index (χ3n) is 3.05. The van der Waals surface area contributed by atoms with Crippen LogP contribution < -0.4 is 10.6 Å². The maximum absolute atomic E-state index is 5.63. The summed E-state index contributed by atoms with van der Waals surface area (Å²) in [6.45, 7) is 7.49. The van der Waals surface area contributed by atoms with Crippen molar-refractivity contribution in [2.75, 3.05) is 25.0 Å². The van der Waals surface area contributed by atoms with Crippen LogP contribution in [0.4, 0.5) is 6.01 Å². The molecule has 2 heterocycles. The van der Waals surface area contributed by atoms with E-state index in [0.717, 1.165) is 26.1 Å². The Morgan fingerprint density at radius 2 is 2.21 bits per heavy atom. The van der Waals surface area contributed by atoms with Gasteiger partial charge >= 0.3 is 6.01 Å². The largest absolute Gasteiger partial charge is 0.407 e. The summed E-state index contributed by atoms with van der Waals surface area (Å²) in [4.78, 5) is 0. The van der Waals surface area contributed by atoms with E-state index in [4.69, 9.17) is 9.15 Å². The highest BCUT2D eigenvalue weighted by Gasteiger charge is 2.14. The smallest absolute Gasteiger partial charge is 0.315 e. The number of anilines is 1. The molecule has 0 spiro atoms. The number of nitrogens with one attached hydrogen (secondary N) is 2. The van der Waals surface area contributed by atoms with Gasteiger partial charge < -0.3 is 19.8 Å². The minimum atomic E-state index is 0.267. The van der Waals surface area contributed by atoms with Crippen molar-refractivity contribution in [2.45, 2.75) is 45.8 Å². The first-order valence-electron chi connectivity index (χ1n) is 7.12. The van der Waals surface area contributed by atoms with Crippen LogP contribution in [-0.2, 0) is 11.3 Å². The van der Waals surface area contributed by atoms with E-state index in [0.29, 0.717) is 24.4 Å². The first-order valence-corrected chi connectivity index (χ1v) is 7.12. The Kier molecular flexibility index (Phi) is 5.60. The van der Waals surface area contributed by atoms with Crippen LogP contribution in [0.1, 0.15) is 39.0 Å². The zero-order valence-electron chi connectivity index (χ0n) is 11.8. The lowest BCUT2D eigenvalue weighted by atomic mass is 10.1. The van der Waals surface area contributed by atoms with Gasteiger partial charge in [0, 0.05) is 13.2 Å². The third-order valence-corrected chi connectivity index (χ3v) is 3.05. The van der Waals surface area contributed by atoms with Crippen LogP contribution in [-0.4, -0.2) is 36.0 Å². The van der Waals surface area contributed by atoms with E-state index in [2.05, 4.69) is 34.7 Å². The number of hydrogen-bond donors (Lipinski definition) is 2. The van der Waals surface area contributed by atoms with Crippen molar-refractivity contribution in [2.24, 2.45) is 5.92 Å². The lowest BCUT2D eigenvalue weighted by Gasteiger charge is -2.22. The Morgan fingerprint density at radius 3 is 2.95 bits per heavy atom. The first-order chi connectivity index (χ1) is 9.24. The van der Waals surface area contributed by atoms with Crippen molar-refractivity contribution in [3.8, 4) is 0 Å². The number of ether oxygens (including phenoxy) is 1. The van der Waals surface area contributed by atoms with E-state index in [-0.39, 0.29) is 6.10 Å². The van der Waals surface area contributed by atoms with Crippen LogP contribution in [0.5, 0.6) is 0 Å². The summed E-state index contributed by atoms with van der Waals surface area (Å²) in [7, 11) is 0. The molecule has 0 amide bonds. The summed E-state index contributed by atoms with van der Waals surface area (Å²) >= 11 is 0. The highest BCUT2D eigenvalue weighted by atomic mass is 16.5. The predicted octanol–water partition coefficient (Wildman–Crippen LogP) is 1.80. The molecule has 1 aromatic heterocycles. The van der Waals surface area contributed by atoms with Crippen LogP contribution in [0, 0.1) is 5.92 Å². The Labute approximate surface area is 114 Å². The molecule has 1 aliphatic rings. The molecule has 0 saturated carbocycles. The van der Waals surface area contributed by atoms with Gasteiger partial charge in [-0.15, -0.1) is 5.10 Å². The fraction of sp³-hybridized carbons (Fsp3) is 0.846. The fourth-order valence-corrected chi connectivity index (χ4v) is 2.03. The minimum Gasteiger partial charge on any atom is -0.407 e. The summed E-state index contributed by atoms with van der Waals surface area (Å²) < 4.78 is 11.1. The van der Waals surface area contributed by atoms with Gasteiger partial charge in [-0.3, -0.25) is 0 Å². The standard InChI is InChI=1S/C13H24N4O2/c1-10(2)7-14-9-12-16-17-13(19-12)15-8-11-5-3-4-6-18-11/h10-11,14H,3-9H2,1-2H3,(H,15,17). The van der Waals surface area contributed by atoms with Gasteiger partial charge in [-0.1, -0.05) is 18.9 Å². The van der Waals surface area contributed by atoms with E-state index in [1.165, 1.54) is 12.8 Å². The lowest BCUT2D eigenvalue weighted by molar-refractivity contribution is 0.0244. The number of rotatable bonds is 7. The molecule has 19 heavy (non-hydrogen) atoms. The maximum atomic E-state index is 5.63. The van der Waals surface area contributed by atoms with Crippen LogP contribution in [0.3, 0.4) is 0 Å². The van der Waals surface area contributed by atoms with Gasteiger partial charge in [0.1, 0.15) is 0 Å². The van der Waals surface area contributed by atoms with E-state index in [9.17, 15) is 0 Å². The number of hydrogen-bond acceptors (Lipinski definition) is 6. The lowest BCUT2D eigenvalue weighted by Crippen LogP contribution is -2.27. The average Bonchev–Trinajstić information content (AvgIpc) is 2.85. The van der Waals surface area contributed by atoms with Gasteiger partial charge in [0.15, 0.2) is 0 Å². The molecule has 0 aromatic carbocycles. The summed E-state index contributed by atoms with van der Waals surface area (Å²) in [5.41, 5.74) is 0. The predicted molar refractivity (Wildman–Crippen MR) is 72.9 cm³/mol. The molecule has 1 aromatic rings. The Bertz CT molecular complexity index is 361. The van der Waals surface area contributed by atoms with Crippen LogP contribution in [0.15, 0.2) is 4.42 Å². The van der Waals surface area contributed by atoms with Crippen LogP contribution in [0.25, 0.3) is 0 Å². The fourth-order valence-electron chi connectivity index (χ4n) is 2.03. The van der Waals surface area contributed by atoms with E-state index in [1.807, 2.05) is 0 Å². The van der Waals surface area contributed by atoms with Crippen molar-refractivity contribution in [3.05, 3.63) is 5.89 Å². The molecule has 6 nitrogen and oxygen atoms in total. The molecule has 1 aliphatic heterocycles. The molecular weight excluding hydrogens is 244 g/mol. The van der Waals surface area contributed by atoms with Gasteiger partial charge in [-0.05, 0) is 31.7 Å². The molecule has 1 unspecified atom stereocenters. The van der Waals surface area contributed by atoms with Crippen molar-refractivity contribution < 1.29 is 9.15 Å². The molecule has 1 atom stereocenters. The van der Waals surface area contributed by atoms with E-state index < -0.39 is 0 Å². The van der Waals surface area contributed by atoms with Crippen molar-refractivity contribution in [1.82, 2.24) is 15.5 Å². The van der Waals surface area contributed by atoms with Gasteiger partial charge in [-0.25, -0.2) is 0 Å². The Balaban J connectivity index is 1.68. The molecule has 6 heteroatoms. The van der Waals surface area contributed by atoms with Crippen LogP contribution >= 0.6 is 0 Å². The summed E-state index contributed by atoms with van der Waals surface area (Å²) in [6, 6.07) is 0.482. The second-order valence-electron chi connectivity index (χ2n) is 5.40. The maximum Gasteiger partial charge on any atom is 0.315 e. The number of aromatic nitrogens is 2. The molecular formula is C13H24N4O2. The summed E-state index contributed by atoms with van der Waals surface area (Å²) in [5, 5.41) is 14.4. The van der Waals surface area contributed by atoms with Crippen molar-refractivity contribution in [1.29, 1.82) is 0 Å². The molecule has 108 valence electrons. The Morgan fingerprint density at radius 1 is 1.32 bits per heavy atom. The SMILES string of the molecule is CC(C)CNCc1nnc(NCC2CCCCO2)o1. The molecule has 0 aliphatic carbocycles. The molecule has 2 N–H and O–H groups in total. The van der Waals surface area contributed by atoms with Crippen LogP contribution in [0.2, 0.25) is 0 Å². The minimum absolute atomic E-state index is 0.267. The molecule has 0 radical (unpaired) electrons. The summed E-state index contributed by atoms with van der Waals surface area (Å²) in [5.74, 6) is 1.23. The molecule has 1 saturated heterocycles. The van der Waals surface area contributed by atoms with Gasteiger partial charge in [0.2, 0.25) is 5.89 Å². The zero-order valence-corrected chi connectivity index (χ0v) is 11.8. The second-order valence-corrected chi connectivity index (χ2v) is 5.40. The average molecular weight is 268 g/mol. The topological polar surface area (TPSA) is 72.2 Å². The summed E-state index contributed by atoms with van der Waals surface area (Å²) in [6.07, 6.45) is 3.77. The highest BCUT2D eigenvalue weighted by Crippen LogP contribution is 2.13. The zero-order chi connectivity index (χ0) is 13.5. The Hall–Kier alpha value is -1.14. The van der Waals surface area contributed by atoms with Crippen molar-refractivity contribution in [3.63, 3.8) is 0 Å². The quantitative estimate of drug-likeness (QED) is 0.785. The first kappa shape index (κ1) is 14.3. The van der Waals surface area contributed by atoms with Gasteiger partial charge in [0.05, 0.1) is 12.6 Å². The molecule has 0 bridgehead atoms. The monoisotopic (exact) mass is 268 g/mol. The third kappa shape index (κ3) is 5.16.